The Morgan fingerprint density at radius 2 is 1.89 bits per heavy atom. The summed E-state index contributed by atoms with van der Waals surface area (Å²) < 4.78 is 26.2. The second kappa shape index (κ2) is 6.83. The van der Waals surface area contributed by atoms with Gasteiger partial charge in [-0.05, 0) is 50.7 Å². The van der Waals surface area contributed by atoms with E-state index in [1.807, 2.05) is 11.8 Å². The molecular formula is C19H29N3O3S2. The quantitative estimate of drug-likeness (QED) is 0.759. The normalized spacial score (nSPS) is 29.4. The zero-order valence-corrected chi connectivity index (χ0v) is 17.8. The SMILES string of the molecule is CCN1CCC2(CN(S(C)(=O)=O)CC23CCN(Cc2cccs2)CC3)C1=O. The van der Waals surface area contributed by atoms with Crippen LogP contribution in [0.3, 0.4) is 0 Å². The van der Waals surface area contributed by atoms with E-state index in [9.17, 15) is 13.2 Å². The van der Waals surface area contributed by atoms with Crippen molar-refractivity contribution in [2.24, 2.45) is 10.8 Å². The summed E-state index contributed by atoms with van der Waals surface area (Å²) >= 11 is 1.78. The lowest BCUT2D eigenvalue weighted by molar-refractivity contribution is -0.142. The van der Waals surface area contributed by atoms with Gasteiger partial charge >= 0.3 is 0 Å². The van der Waals surface area contributed by atoms with Gasteiger partial charge in [0, 0.05) is 43.0 Å². The minimum atomic E-state index is -3.29. The van der Waals surface area contributed by atoms with E-state index in [-0.39, 0.29) is 11.3 Å². The summed E-state index contributed by atoms with van der Waals surface area (Å²) in [6, 6.07) is 4.25. The van der Waals surface area contributed by atoms with Gasteiger partial charge < -0.3 is 4.90 Å². The van der Waals surface area contributed by atoms with Gasteiger partial charge in [0.25, 0.3) is 0 Å². The van der Waals surface area contributed by atoms with Crippen LogP contribution in [-0.2, 0) is 21.4 Å². The molecule has 0 aliphatic carbocycles. The molecule has 3 aliphatic heterocycles. The number of rotatable bonds is 4. The first-order valence-corrected chi connectivity index (χ1v) is 12.5. The number of nitrogens with zero attached hydrogens (tertiary/aromatic N) is 3. The zero-order valence-electron chi connectivity index (χ0n) is 16.2. The summed E-state index contributed by atoms with van der Waals surface area (Å²) in [5, 5.41) is 2.10. The van der Waals surface area contributed by atoms with Crippen LogP contribution in [-0.4, -0.2) is 74.0 Å². The number of piperidine rings is 1. The highest BCUT2D eigenvalue weighted by atomic mass is 32.2. The lowest BCUT2D eigenvalue weighted by Crippen LogP contribution is -2.52. The molecule has 4 rings (SSSR count). The lowest BCUT2D eigenvalue weighted by Gasteiger charge is -2.47. The van der Waals surface area contributed by atoms with Crippen molar-refractivity contribution in [3.05, 3.63) is 22.4 Å². The number of sulfonamides is 1. The fraction of sp³-hybridized carbons (Fsp3) is 0.737. The fourth-order valence-corrected chi connectivity index (χ4v) is 7.11. The van der Waals surface area contributed by atoms with Crippen LogP contribution in [0.4, 0.5) is 0 Å². The van der Waals surface area contributed by atoms with Gasteiger partial charge in [0.1, 0.15) is 0 Å². The molecule has 0 bridgehead atoms. The number of fused-ring (bicyclic) bond motifs is 1. The maximum atomic E-state index is 13.3. The maximum Gasteiger partial charge on any atom is 0.230 e. The first kappa shape index (κ1) is 19.4. The summed E-state index contributed by atoms with van der Waals surface area (Å²) in [6.45, 7) is 7.15. The molecule has 8 heteroatoms. The largest absolute Gasteiger partial charge is 0.342 e. The zero-order chi connectivity index (χ0) is 19.3. The molecule has 1 aromatic heterocycles. The minimum Gasteiger partial charge on any atom is -0.342 e. The first-order valence-electron chi connectivity index (χ1n) is 9.79. The molecule has 1 unspecified atom stereocenters. The third kappa shape index (κ3) is 3.14. The number of thiophene rings is 1. The molecule has 150 valence electrons. The highest BCUT2D eigenvalue weighted by Crippen LogP contribution is 2.58. The Morgan fingerprint density at radius 1 is 1.15 bits per heavy atom. The van der Waals surface area contributed by atoms with Crippen molar-refractivity contribution >= 4 is 27.3 Å². The van der Waals surface area contributed by atoms with Gasteiger partial charge in [-0.2, -0.15) is 0 Å². The number of carbonyl (C=O) groups excluding carboxylic acids is 1. The van der Waals surface area contributed by atoms with Crippen molar-refractivity contribution < 1.29 is 13.2 Å². The van der Waals surface area contributed by atoms with Crippen molar-refractivity contribution in [2.75, 3.05) is 45.5 Å². The van der Waals surface area contributed by atoms with Crippen molar-refractivity contribution in [1.29, 1.82) is 0 Å². The molecule has 0 N–H and O–H groups in total. The van der Waals surface area contributed by atoms with Crippen LogP contribution in [0.1, 0.15) is 31.1 Å². The van der Waals surface area contributed by atoms with Gasteiger partial charge in [0.2, 0.25) is 15.9 Å². The van der Waals surface area contributed by atoms with E-state index in [1.165, 1.54) is 11.1 Å². The van der Waals surface area contributed by atoms with E-state index >= 15 is 0 Å². The highest BCUT2D eigenvalue weighted by molar-refractivity contribution is 7.88. The molecule has 3 fully saturated rings. The average molecular weight is 412 g/mol. The monoisotopic (exact) mass is 411 g/mol. The van der Waals surface area contributed by atoms with Crippen molar-refractivity contribution in [3.8, 4) is 0 Å². The Kier molecular flexibility index (Phi) is 4.90. The molecule has 3 saturated heterocycles. The Hall–Kier alpha value is -0.960. The van der Waals surface area contributed by atoms with Crippen LogP contribution < -0.4 is 0 Å². The van der Waals surface area contributed by atoms with Crippen LogP contribution in [0.5, 0.6) is 0 Å². The summed E-state index contributed by atoms with van der Waals surface area (Å²) in [4.78, 5) is 19.1. The predicted octanol–water partition coefficient (Wildman–Crippen LogP) is 1.84. The summed E-state index contributed by atoms with van der Waals surface area (Å²) in [6.07, 6.45) is 3.86. The predicted molar refractivity (Wildman–Crippen MR) is 107 cm³/mol. The third-order valence-electron chi connectivity index (χ3n) is 7.07. The van der Waals surface area contributed by atoms with Gasteiger partial charge in [-0.15, -0.1) is 11.3 Å². The number of amides is 1. The topological polar surface area (TPSA) is 60.9 Å². The number of hydrogen-bond donors (Lipinski definition) is 0. The molecule has 4 heterocycles. The van der Waals surface area contributed by atoms with Crippen LogP contribution in [0, 0.1) is 10.8 Å². The van der Waals surface area contributed by atoms with E-state index in [1.54, 1.807) is 15.6 Å². The second-order valence-electron chi connectivity index (χ2n) is 8.38. The van der Waals surface area contributed by atoms with E-state index in [0.717, 1.165) is 45.4 Å². The number of hydrogen-bond acceptors (Lipinski definition) is 5. The standard InChI is InChI=1S/C19H29N3O3S2/c1-3-21-11-8-19(17(21)23)15-22(27(2,24)25)14-18(19)6-9-20(10-7-18)13-16-5-4-12-26-16/h4-5,12H,3,6-11,13-15H2,1-2H3. The molecule has 2 spiro atoms. The van der Waals surface area contributed by atoms with Crippen molar-refractivity contribution in [2.45, 2.75) is 32.7 Å². The first-order chi connectivity index (χ1) is 12.8. The minimum absolute atomic E-state index is 0.183. The molecule has 0 saturated carbocycles. The van der Waals surface area contributed by atoms with Crippen LogP contribution in [0.2, 0.25) is 0 Å². The Labute approximate surface area is 166 Å². The maximum absolute atomic E-state index is 13.3. The lowest BCUT2D eigenvalue weighted by atomic mass is 9.60. The van der Waals surface area contributed by atoms with E-state index < -0.39 is 15.4 Å². The summed E-state index contributed by atoms with van der Waals surface area (Å²) in [7, 11) is -3.29. The van der Waals surface area contributed by atoms with Crippen molar-refractivity contribution in [3.63, 3.8) is 0 Å². The van der Waals surface area contributed by atoms with Gasteiger partial charge in [0.05, 0.1) is 11.7 Å². The van der Waals surface area contributed by atoms with Gasteiger partial charge in [-0.1, -0.05) is 6.07 Å². The van der Waals surface area contributed by atoms with Crippen LogP contribution in [0.25, 0.3) is 0 Å². The molecule has 1 aromatic rings. The smallest absolute Gasteiger partial charge is 0.230 e. The second-order valence-corrected chi connectivity index (χ2v) is 11.4. The van der Waals surface area contributed by atoms with Crippen LogP contribution in [0.15, 0.2) is 17.5 Å². The van der Waals surface area contributed by atoms with Gasteiger partial charge in [0.15, 0.2) is 0 Å². The number of likely N-dealkylation sites (tertiary alicyclic amines) is 2. The Bertz CT molecular complexity index is 800. The summed E-state index contributed by atoms with van der Waals surface area (Å²) in [5.74, 6) is 0.183. The fourth-order valence-electron chi connectivity index (χ4n) is 5.42. The van der Waals surface area contributed by atoms with E-state index in [2.05, 4.69) is 22.4 Å². The molecule has 3 aliphatic rings. The summed E-state index contributed by atoms with van der Waals surface area (Å²) in [5.41, 5.74) is -0.746. The van der Waals surface area contributed by atoms with Crippen LogP contribution >= 0.6 is 11.3 Å². The molecule has 6 nitrogen and oxygen atoms in total. The Balaban J connectivity index is 1.58. The van der Waals surface area contributed by atoms with E-state index in [4.69, 9.17) is 0 Å². The molecule has 0 aromatic carbocycles. The highest BCUT2D eigenvalue weighted by Gasteiger charge is 2.66. The van der Waals surface area contributed by atoms with Gasteiger partial charge in [-0.3, -0.25) is 9.69 Å². The third-order valence-corrected chi connectivity index (χ3v) is 9.13. The molecule has 1 atom stereocenters. The van der Waals surface area contributed by atoms with Crippen molar-refractivity contribution in [1.82, 2.24) is 14.1 Å². The molecule has 0 radical (unpaired) electrons. The van der Waals surface area contributed by atoms with Gasteiger partial charge in [-0.25, -0.2) is 12.7 Å². The molecule has 1 amide bonds. The number of carbonyl (C=O) groups is 1. The molecular weight excluding hydrogens is 382 g/mol. The Morgan fingerprint density at radius 3 is 2.44 bits per heavy atom. The average Bonchev–Trinajstić information content (AvgIpc) is 3.32. The molecule has 27 heavy (non-hydrogen) atoms. The van der Waals surface area contributed by atoms with E-state index in [0.29, 0.717) is 19.6 Å².